The van der Waals surface area contributed by atoms with E-state index < -0.39 is 0 Å². The van der Waals surface area contributed by atoms with Crippen molar-refractivity contribution >= 4 is 29.0 Å². The molecule has 0 fully saturated rings. The maximum atomic E-state index is 13.0. The second-order valence-electron chi connectivity index (χ2n) is 5.81. The lowest BCUT2D eigenvalue weighted by molar-refractivity contribution is -0.116. The molecule has 6 nitrogen and oxygen atoms in total. The number of nitrogens with zero attached hydrogens (tertiary/aromatic N) is 4. The van der Waals surface area contributed by atoms with Gasteiger partial charge in [0.1, 0.15) is 5.70 Å². The minimum atomic E-state index is -0.184. The summed E-state index contributed by atoms with van der Waals surface area (Å²) in [6, 6.07) is 13.6. The summed E-state index contributed by atoms with van der Waals surface area (Å²) in [7, 11) is 0. The molecule has 1 amide bonds. The number of carbonyl (C=O) groups is 1. The molecule has 7 heteroatoms. The molecule has 0 radical (unpaired) electrons. The largest absolute Gasteiger partial charge is 0.348 e. The normalized spacial score (nSPS) is 11.7. The van der Waals surface area contributed by atoms with Gasteiger partial charge in [-0.15, -0.1) is 16.4 Å². The Morgan fingerprint density at radius 1 is 1.19 bits per heavy atom. The van der Waals surface area contributed by atoms with Gasteiger partial charge in [-0.2, -0.15) is 4.68 Å². The van der Waals surface area contributed by atoms with E-state index in [9.17, 15) is 4.79 Å². The van der Waals surface area contributed by atoms with E-state index in [1.165, 1.54) is 4.68 Å². The van der Waals surface area contributed by atoms with Crippen molar-refractivity contribution in [2.24, 2.45) is 0 Å². The third-order valence-corrected chi connectivity index (χ3v) is 4.92. The van der Waals surface area contributed by atoms with Crippen molar-refractivity contribution in [3.63, 3.8) is 0 Å². The standard InChI is InChI=1S/C19H21N5OS/c1-3-15(4-2)20-19(25)17(13-16-11-8-12-26-16)24-18(21-22-23-24)14-9-6-5-7-10-14/h5-13,15H,3-4H2,1-2H3,(H,20,25). The number of thiophene rings is 1. The van der Waals surface area contributed by atoms with Crippen LogP contribution in [0.1, 0.15) is 31.6 Å². The maximum absolute atomic E-state index is 13.0. The predicted octanol–water partition coefficient (Wildman–Crippen LogP) is 3.70. The van der Waals surface area contributed by atoms with Crippen LogP contribution in [0.5, 0.6) is 0 Å². The van der Waals surface area contributed by atoms with Crippen molar-refractivity contribution in [2.45, 2.75) is 32.7 Å². The molecular formula is C19H21N5OS. The smallest absolute Gasteiger partial charge is 0.270 e. The summed E-state index contributed by atoms with van der Waals surface area (Å²) in [6.45, 7) is 4.12. The van der Waals surface area contributed by atoms with Gasteiger partial charge in [0.15, 0.2) is 5.82 Å². The Kier molecular flexibility index (Phi) is 5.91. The van der Waals surface area contributed by atoms with E-state index in [-0.39, 0.29) is 11.9 Å². The second-order valence-corrected chi connectivity index (χ2v) is 6.79. The van der Waals surface area contributed by atoms with E-state index in [0.717, 1.165) is 23.3 Å². The molecule has 0 bridgehead atoms. The molecule has 1 aromatic carbocycles. The van der Waals surface area contributed by atoms with Gasteiger partial charge in [0.25, 0.3) is 5.91 Å². The Bertz CT molecular complexity index is 866. The third-order valence-electron chi connectivity index (χ3n) is 4.11. The lowest BCUT2D eigenvalue weighted by atomic mass is 10.1. The molecule has 2 aromatic heterocycles. The molecule has 3 aromatic rings. The summed E-state index contributed by atoms with van der Waals surface area (Å²) in [4.78, 5) is 14.0. The van der Waals surface area contributed by atoms with Crippen molar-refractivity contribution in [2.75, 3.05) is 0 Å². The number of rotatable bonds is 7. The van der Waals surface area contributed by atoms with Crippen LogP contribution >= 0.6 is 11.3 Å². The summed E-state index contributed by atoms with van der Waals surface area (Å²) in [5, 5.41) is 17.1. The molecule has 0 saturated carbocycles. The molecule has 0 aliphatic carbocycles. The fourth-order valence-electron chi connectivity index (χ4n) is 2.60. The summed E-state index contributed by atoms with van der Waals surface area (Å²) >= 11 is 1.56. The molecule has 0 saturated heterocycles. The topological polar surface area (TPSA) is 72.7 Å². The van der Waals surface area contributed by atoms with E-state index >= 15 is 0 Å². The first-order valence-corrected chi connectivity index (χ1v) is 9.51. The van der Waals surface area contributed by atoms with Crippen molar-refractivity contribution < 1.29 is 4.79 Å². The van der Waals surface area contributed by atoms with Crippen molar-refractivity contribution in [3.8, 4) is 11.4 Å². The highest BCUT2D eigenvalue weighted by Gasteiger charge is 2.21. The van der Waals surface area contributed by atoms with E-state index in [1.807, 2.05) is 53.9 Å². The van der Waals surface area contributed by atoms with Crippen LogP contribution in [-0.2, 0) is 4.79 Å². The van der Waals surface area contributed by atoms with Gasteiger partial charge < -0.3 is 5.32 Å². The summed E-state index contributed by atoms with van der Waals surface area (Å²) in [5.41, 5.74) is 1.26. The summed E-state index contributed by atoms with van der Waals surface area (Å²) < 4.78 is 1.51. The van der Waals surface area contributed by atoms with Crippen LogP contribution in [0.2, 0.25) is 0 Å². The zero-order chi connectivity index (χ0) is 18.4. The fourth-order valence-corrected chi connectivity index (χ4v) is 3.25. The lowest BCUT2D eigenvalue weighted by Gasteiger charge is -2.16. The highest BCUT2D eigenvalue weighted by molar-refractivity contribution is 7.10. The van der Waals surface area contributed by atoms with Gasteiger partial charge >= 0.3 is 0 Å². The second kappa shape index (κ2) is 8.53. The van der Waals surface area contributed by atoms with Gasteiger partial charge in [0, 0.05) is 16.5 Å². The van der Waals surface area contributed by atoms with Crippen molar-refractivity contribution in [1.82, 2.24) is 25.5 Å². The van der Waals surface area contributed by atoms with Crippen LogP contribution in [-0.4, -0.2) is 32.2 Å². The minimum Gasteiger partial charge on any atom is -0.348 e. The molecule has 26 heavy (non-hydrogen) atoms. The van der Waals surface area contributed by atoms with Gasteiger partial charge in [-0.05, 0) is 40.8 Å². The van der Waals surface area contributed by atoms with Crippen LogP contribution in [0.25, 0.3) is 23.2 Å². The fraction of sp³-hybridized carbons (Fsp3) is 0.263. The first kappa shape index (κ1) is 18.0. The average Bonchev–Trinajstić information content (AvgIpc) is 3.36. The van der Waals surface area contributed by atoms with Crippen LogP contribution < -0.4 is 5.32 Å². The van der Waals surface area contributed by atoms with Crippen LogP contribution in [0.3, 0.4) is 0 Å². The SMILES string of the molecule is CCC(CC)NC(=O)C(=Cc1cccs1)n1nnnc1-c1ccccc1. The summed E-state index contributed by atoms with van der Waals surface area (Å²) in [6.07, 6.45) is 3.57. The van der Waals surface area contributed by atoms with Crippen LogP contribution in [0, 0.1) is 0 Å². The Morgan fingerprint density at radius 2 is 1.96 bits per heavy atom. The number of carbonyl (C=O) groups excluding carboxylic acids is 1. The van der Waals surface area contributed by atoms with Gasteiger partial charge in [-0.25, -0.2) is 0 Å². The molecule has 2 heterocycles. The Hall–Kier alpha value is -2.80. The molecule has 0 atom stereocenters. The van der Waals surface area contributed by atoms with Gasteiger partial charge in [0.05, 0.1) is 0 Å². The molecule has 134 valence electrons. The predicted molar refractivity (Wildman–Crippen MR) is 104 cm³/mol. The maximum Gasteiger partial charge on any atom is 0.270 e. The van der Waals surface area contributed by atoms with Crippen LogP contribution in [0.15, 0.2) is 47.8 Å². The van der Waals surface area contributed by atoms with E-state index in [2.05, 4.69) is 34.7 Å². The Morgan fingerprint density at radius 3 is 2.62 bits per heavy atom. The number of nitrogens with one attached hydrogen (secondary N) is 1. The molecular weight excluding hydrogens is 346 g/mol. The lowest BCUT2D eigenvalue weighted by Crippen LogP contribution is -2.35. The van der Waals surface area contributed by atoms with Crippen LogP contribution in [0.4, 0.5) is 0 Å². The zero-order valence-corrected chi connectivity index (χ0v) is 15.6. The van der Waals surface area contributed by atoms with Gasteiger partial charge in [-0.1, -0.05) is 50.2 Å². The average molecular weight is 367 g/mol. The monoisotopic (exact) mass is 367 g/mol. The Balaban J connectivity index is 2.03. The number of aromatic nitrogens is 4. The van der Waals surface area contributed by atoms with Crippen molar-refractivity contribution in [1.29, 1.82) is 0 Å². The van der Waals surface area contributed by atoms with Gasteiger partial charge in [0.2, 0.25) is 0 Å². The number of hydrogen-bond acceptors (Lipinski definition) is 5. The minimum absolute atomic E-state index is 0.117. The highest BCUT2D eigenvalue weighted by atomic mass is 32.1. The summed E-state index contributed by atoms with van der Waals surface area (Å²) in [5.74, 6) is 0.352. The Labute approximate surface area is 156 Å². The first-order chi connectivity index (χ1) is 12.7. The van der Waals surface area contributed by atoms with E-state index in [4.69, 9.17) is 0 Å². The molecule has 0 unspecified atom stereocenters. The quantitative estimate of drug-likeness (QED) is 0.646. The molecule has 0 aliphatic rings. The number of amides is 1. The number of hydrogen-bond donors (Lipinski definition) is 1. The number of tetrazole rings is 1. The van der Waals surface area contributed by atoms with Gasteiger partial charge in [-0.3, -0.25) is 4.79 Å². The first-order valence-electron chi connectivity index (χ1n) is 8.63. The zero-order valence-electron chi connectivity index (χ0n) is 14.8. The van der Waals surface area contributed by atoms with Crippen molar-refractivity contribution in [3.05, 3.63) is 52.7 Å². The molecule has 0 spiro atoms. The third kappa shape index (κ3) is 4.05. The molecule has 0 aliphatic heterocycles. The molecule has 3 rings (SSSR count). The highest BCUT2D eigenvalue weighted by Crippen LogP contribution is 2.22. The van der Waals surface area contributed by atoms with E-state index in [1.54, 1.807) is 11.3 Å². The van der Waals surface area contributed by atoms with E-state index in [0.29, 0.717) is 11.5 Å². The molecule has 1 N–H and O–H groups in total. The number of benzene rings is 1.